The van der Waals surface area contributed by atoms with Crippen LogP contribution in [0.1, 0.15) is 20.3 Å². The zero-order valence-corrected chi connectivity index (χ0v) is 9.45. The Morgan fingerprint density at radius 2 is 2.13 bits per heavy atom. The molecule has 15 heavy (non-hydrogen) atoms. The maximum absolute atomic E-state index is 11.6. The Kier molecular flexibility index (Phi) is 4.08. The molecule has 5 heteroatoms. The zero-order valence-electron chi connectivity index (χ0n) is 9.45. The number of ether oxygens (including phenoxy) is 1. The molecule has 0 aromatic heterocycles. The second-order valence-electron chi connectivity index (χ2n) is 4.06. The summed E-state index contributed by atoms with van der Waals surface area (Å²) in [5.74, 6) is 0.111. The van der Waals surface area contributed by atoms with Crippen LogP contribution in [-0.4, -0.2) is 43.1 Å². The summed E-state index contributed by atoms with van der Waals surface area (Å²) in [4.78, 5) is 24.2. The van der Waals surface area contributed by atoms with Crippen molar-refractivity contribution in [2.45, 2.75) is 26.3 Å². The van der Waals surface area contributed by atoms with Gasteiger partial charge in [0.2, 0.25) is 5.91 Å². The fraction of sp³-hybridized carbons (Fsp3) is 0.800. The van der Waals surface area contributed by atoms with Gasteiger partial charge in [-0.2, -0.15) is 0 Å². The van der Waals surface area contributed by atoms with E-state index in [9.17, 15) is 9.59 Å². The van der Waals surface area contributed by atoms with Crippen LogP contribution in [-0.2, 0) is 9.53 Å². The van der Waals surface area contributed by atoms with Gasteiger partial charge in [-0.1, -0.05) is 13.8 Å². The summed E-state index contributed by atoms with van der Waals surface area (Å²) in [6, 6.07) is -0.273. The molecule has 1 fully saturated rings. The Balaban J connectivity index is 2.66. The van der Waals surface area contributed by atoms with E-state index in [1.54, 1.807) is 12.0 Å². The molecule has 1 aliphatic rings. The van der Waals surface area contributed by atoms with Crippen LogP contribution in [0.4, 0.5) is 4.79 Å². The van der Waals surface area contributed by atoms with Crippen molar-refractivity contribution in [1.29, 1.82) is 0 Å². The number of nitrogens with one attached hydrogen (secondary N) is 1. The highest BCUT2D eigenvalue weighted by molar-refractivity contribution is 5.96. The molecule has 1 N–H and O–H groups in total. The highest BCUT2D eigenvalue weighted by Crippen LogP contribution is 2.14. The second-order valence-corrected chi connectivity index (χ2v) is 4.06. The zero-order chi connectivity index (χ0) is 11.4. The maximum atomic E-state index is 11.6. The molecule has 0 aromatic rings. The highest BCUT2D eigenvalue weighted by atomic mass is 16.5. The van der Waals surface area contributed by atoms with Gasteiger partial charge in [-0.15, -0.1) is 0 Å². The molecule has 5 nitrogen and oxygen atoms in total. The lowest BCUT2D eigenvalue weighted by molar-refractivity contribution is -0.122. The predicted molar refractivity (Wildman–Crippen MR) is 55.4 cm³/mol. The Morgan fingerprint density at radius 3 is 2.60 bits per heavy atom. The third-order valence-corrected chi connectivity index (χ3v) is 2.59. The van der Waals surface area contributed by atoms with Gasteiger partial charge in [0, 0.05) is 20.1 Å². The molecule has 0 aliphatic carbocycles. The molecule has 1 rings (SSSR count). The van der Waals surface area contributed by atoms with E-state index < -0.39 is 0 Å². The Bertz CT molecular complexity index is 253. The van der Waals surface area contributed by atoms with Crippen LogP contribution >= 0.6 is 0 Å². The van der Waals surface area contributed by atoms with Crippen molar-refractivity contribution in [2.24, 2.45) is 5.92 Å². The first-order chi connectivity index (χ1) is 7.06. The molecule has 1 saturated heterocycles. The van der Waals surface area contributed by atoms with Gasteiger partial charge >= 0.3 is 6.03 Å². The molecular weight excluding hydrogens is 196 g/mol. The number of imide groups is 1. The number of hydrogen-bond donors (Lipinski definition) is 1. The molecule has 0 saturated carbocycles. The summed E-state index contributed by atoms with van der Waals surface area (Å²) < 4.78 is 5.09. The molecule has 1 atom stereocenters. The Hall–Kier alpha value is -1.10. The topological polar surface area (TPSA) is 58.6 Å². The highest BCUT2D eigenvalue weighted by Gasteiger charge is 2.30. The summed E-state index contributed by atoms with van der Waals surface area (Å²) in [6.45, 7) is 5.05. The van der Waals surface area contributed by atoms with Crippen molar-refractivity contribution in [3.63, 3.8) is 0 Å². The number of hydrogen-bond acceptors (Lipinski definition) is 3. The molecule has 0 aromatic carbocycles. The Morgan fingerprint density at radius 1 is 1.47 bits per heavy atom. The van der Waals surface area contributed by atoms with E-state index >= 15 is 0 Å². The smallest absolute Gasteiger partial charge is 0.324 e. The van der Waals surface area contributed by atoms with Gasteiger partial charge in [-0.3, -0.25) is 10.1 Å². The lowest BCUT2D eigenvalue weighted by atomic mass is 10.0. The standard InChI is InChI=1S/C10H18N2O3/c1-7(2)8(6-15-3)12-5-4-9(13)11-10(12)14/h7-8H,4-6H2,1-3H3,(H,11,13,14). The van der Waals surface area contributed by atoms with Gasteiger partial charge in [0.05, 0.1) is 12.6 Å². The average molecular weight is 214 g/mol. The van der Waals surface area contributed by atoms with E-state index in [2.05, 4.69) is 5.32 Å². The van der Waals surface area contributed by atoms with Gasteiger partial charge in [0.1, 0.15) is 0 Å². The Labute approximate surface area is 89.8 Å². The first kappa shape index (κ1) is 12.0. The van der Waals surface area contributed by atoms with Crippen molar-refractivity contribution in [3.05, 3.63) is 0 Å². The van der Waals surface area contributed by atoms with Gasteiger partial charge in [0.25, 0.3) is 0 Å². The number of carbonyl (C=O) groups is 2. The van der Waals surface area contributed by atoms with E-state index in [0.29, 0.717) is 25.5 Å². The van der Waals surface area contributed by atoms with Crippen LogP contribution in [0.3, 0.4) is 0 Å². The minimum Gasteiger partial charge on any atom is -0.383 e. The fourth-order valence-corrected chi connectivity index (χ4v) is 1.71. The number of nitrogens with zero attached hydrogens (tertiary/aromatic N) is 1. The van der Waals surface area contributed by atoms with E-state index in [4.69, 9.17) is 4.74 Å². The van der Waals surface area contributed by atoms with Crippen LogP contribution in [0.15, 0.2) is 0 Å². The van der Waals surface area contributed by atoms with Crippen LogP contribution in [0.25, 0.3) is 0 Å². The summed E-state index contributed by atoms with van der Waals surface area (Å²) in [6.07, 6.45) is 0.374. The molecule has 1 aliphatic heterocycles. The lowest BCUT2D eigenvalue weighted by Gasteiger charge is -2.36. The normalized spacial score (nSPS) is 19.3. The van der Waals surface area contributed by atoms with Gasteiger partial charge in [-0.25, -0.2) is 4.79 Å². The van der Waals surface area contributed by atoms with Gasteiger partial charge < -0.3 is 9.64 Å². The molecular formula is C10H18N2O3. The monoisotopic (exact) mass is 214 g/mol. The molecule has 0 radical (unpaired) electrons. The van der Waals surface area contributed by atoms with Gasteiger partial charge in [-0.05, 0) is 5.92 Å². The van der Waals surface area contributed by atoms with E-state index in [1.165, 1.54) is 0 Å². The quantitative estimate of drug-likeness (QED) is 0.745. The van der Waals surface area contributed by atoms with Crippen molar-refractivity contribution in [1.82, 2.24) is 10.2 Å². The van der Waals surface area contributed by atoms with Crippen LogP contribution in [0.5, 0.6) is 0 Å². The SMILES string of the molecule is COCC(C(C)C)N1CCC(=O)NC1=O. The summed E-state index contributed by atoms with van der Waals surface area (Å²) in [5, 5.41) is 2.32. The fourth-order valence-electron chi connectivity index (χ4n) is 1.71. The van der Waals surface area contributed by atoms with Crippen molar-refractivity contribution in [2.75, 3.05) is 20.3 Å². The largest absolute Gasteiger partial charge is 0.383 e. The minimum atomic E-state index is -0.304. The number of carbonyl (C=O) groups excluding carboxylic acids is 2. The summed E-state index contributed by atoms with van der Waals surface area (Å²) in [5.41, 5.74) is 0. The minimum absolute atomic E-state index is 0.0306. The van der Waals surface area contributed by atoms with Crippen molar-refractivity contribution < 1.29 is 14.3 Å². The summed E-state index contributed by atoms with van der Waals surface area (Å²) >= 11 is 0. The molecule has 1 heterocycles. The first-order valence-corrected chi connectivity index (χ1v) is 5.15. The van der Waals surface area contributed by atoms with Crippen LogP contribution in [0, 0.1) is 5.92 Å². The lowest BCUT2D eigenvalue weighted by Crippen LogP contribution is -2.56. The first-order valence-electron chi connectivity index (χ1n) is 5.15. The molecule has 3 amide bonds. The third kappa shape index (κ3) is 2.92. The maximum Gasteiger partial charge on any atom is 0.324 e. The third-order valence-electron chi connectivity index (χ3n) is 2.59. The molecule has 0 bridgehead atoms. The van der Waals surface area contributed by atoms with E-state index in [0.717, 1.165) is 0 Å². The number of amides is 3. The predicted octanol–water partition coefficient (Wildman–Crippen LogP) is 0.599. The second kappa shape index (κ2) is 5.11. The van der Waals surface area contributed by atoms with Gasteiger partial charge in [0.15, 0.2) is 0 Å². The molecule has 0 spiro atoms. The number of urea groups is 1. The summed E-state index contributed by atoms with van der Waals surface area (Å²) in [7, 11) is 1.61. The van der Waals surface area contributed by atoms with Crippen molar-refractivity contribution in [3.8, 4) is 0 Å². The number of methoxy groups -OCH3 is 1. The van der Waals surface area contributed by atoms with E-state index in [-0.39, 0.29) is 18.0 Å². The number of rotatable bonds is 4. The van der Waals surface area contributed by atoms with Crippen molar-refractivity contribution >= 4 is 11.9 Å². The van der Waals surface area contributed by atoms with E-state index in [1.807, 2.05) is 13.8 Å². The van der Waals surface area contributed by atoms with Crippen LogP contribution < -0.4 is 5.32 Å². The van der Waals surface area contributed by atoms with Crippen LogP contribution in [0.2, 0.25) is 0 Å². The average Bonchev–Trinajstić information content (AvgIpc) is 2.15. The molecule has 1 unspecified atom stereocenters. The molecule has 86 valence electrons.